The third kappa shape index (κ3) is 5.73. The average molecular weight is 370 g/mol. The fourth-order valence-corrected chi connectivity index (χ4v) is 2.89. The van der Waals surface area contributed by atoms with Crippen LogP contribution < -0.4 is 10.1 Å². The van der Waals surface area contributed by atoms with Gasteiger partial charge < -0.3 is 19.7 Å². The summed E-state index contributed by atoms with van der Waals surface area (Å²) in [7, 11) is 3.44. The van der Waals surface area contributed by atoms with Gasteiger partial charge in [0.2, 0.25) is 0 Å². The lowest BCUT2D eigenvalue weighted by Crippen LogP contribution is -2.38. The molecule has 0 aliphatic heterocycles. The monoisotopic (exact) mass is 370 g/mol. The van der Waals surface area contributed by atoms with Crippen molar-refractivity contribution in [2.45, 2.75) is 39.5 Å². The van der Waals surface area contributed by atoms with Crippen LogP contribution in [0.4, 0.5) is 4.79 Å². The van der Waals surface area contributed by atoms with E-state index in [0.29, 0.717) is 13.2 Å². The highest BCUT2D eigenvalue weighted by Gasteiger charge is 2.20. The number of carbonyl (C=O) groups excluding carboxylic acids is 1. The first kappa shape index (κ1) is 20.8. The van der Waals surface area contributed by atoms with Crippen LogP contribution >= 0.6 is 0 Å². The van der Waals surface area contributed by atoms with Gasteiger partial charge in [0, 0.05) is 25.8 Å². The van der Waals surface area contributed by atoms with E-state index in [4.69, 9.17) is 9.47 Å². The predicted molar refractivity (Wildman–Crippen MR) is 108 cm³/mol. The summed E-state index contributed by atoms with van der Waals surface area (Å²) in [4.78, 5) is 14.3. The number of amides is 2. The van der Waals surface area contributed by atoms with Crippen LogP contribution in [0.3, 0.4) is 0 Å². The van der Waals surface area contributed by atoms with E-state index in [1.807, 2.05) is 55.5 Å². The van der Waals surface area contributed by atoms with Crippen LogP contribution in [-0.4, -0.2) is 31.7 Å². The highest BCUT2D eigenvalue weighted by atomic mass is 16.5. The molecule has 0 saturated heterocycles. The number of nitrogens with zero attached hydrogens (tertiary/aromatic N) is 1. The lowest BCUT2D eigenvalue weighted by molar-refractivity contribution is 0.121. The van der Waals surface area contributed by atoms with E-state index in [9.17, 15) is 4.79 Å². The van der Waals surface area contributed by atoms with Crippen LogP contribution in [0, 0.1) is 0 Å². The van der Waals surface area contributed by atoms with Crippen LogP contribution in [0.25, 0.3) is 0 Å². The Bertz CT molecular complexity index is 733. The molecule has 0 aliphatic carbocycles. The molecule has 2 rings (SSSR count). The minimum Gasteiger partial charge on any atom is -0.496 e. The molecule has 0 radical (unpaired) electrons. The van der Waals surface area contributed by atoms with Crippen molar-refractivity contribution in [3.05, 3.63) is 65.2 Å². The molecule has 1 unspecified atom stereocenters. The topological polar surface area (TPSA) is 50.8 Å². The molecular formula is C22H30N2O3. The van der Waals surface area contributed by atoms with E-state index < -0.39 is 0 Å². The van der Waals surface area contributed by atoms with E-state index in [1.165, 1.54) is 0 Å². The number of ether oxygens (including phenoxy) is 2. The van der Waals surface area contributed by atoms with Crippen LogP contribution in [0.2, 0.25) is 0 Å². The van der Waals surface area contributed by atoms with Gasteiger partial charge in [0.15, 0.2) is 0 Å². The smallest absolute Gasteiger partial charge is 0.317 e. The van der Waals surface area contributed by atoms with Gasteiger partial charge >= 0.3 is 6.03 Å². The number of hydrogen-bond donors (Lipinski definition) is 1. The molecule has 2 aromatic rings. The van der Waals surface area contributed by atoms with Gasteiger partial charge in [-0.2, -0.15) is 0 Å². The third-order valence-corrected chi connectivity index (χ3v) is 4.64. The maximum Gasteiger partial charge on any atom is 0.317 e. The summed E-state index contributed by atoms with van der Waals surface area (Å²) in [6, 6.07) is 15.6. The van der Waals surface area contributed by atoms with Gasteiger partial charge in [0.25, 0.3) is 0 Å². The third-order valence-electron chi connectivity index (χ3n) is 4.64. The second-order valence-electron chi connectivity index (χ2n) is 6.51. The van der Waals surface area contributed by atoms with E-state index >= 15 is 0 Å². The number of benzene rings is 2. The van der Waals surface area contributed by atoms with Gasteiger partial charge in [-0.25, -0.2) is 4.79 Å². The molecule has 0 aromatic heterocycles. The number of nitrogens with one attached hydrogen (secondary N) is 1. The first-order chi connectivity index (χ1) is 13.1. The van der Waals surface area contributed by atoms with Crippen molar-refractivity contribution in [1.82, 2.24) is 10.2 Å². The van der Waals surface area contributed by atoms with Gasteiger partial charge in [-0.05, 0) is 30.5 Å². The molecule has 2 amide bonds. The number of carbonyl (C=O) groups is 1. The molecule has 2 aromatic carbocycles. The molecule has 0 fully saturated rings. The Kier molecular flexibility index (Phi) is 8.14. The Balaban J connectivity index is 1.99. The van der Waals surface area contributed by atoms with Crippen LogP contribution in [0.1, 0.15) is 43.0 Å². The Morgan fingerprint density at radius 3 is 2.48 bits per heavy atom. The van der Waals surface area contributed by atoms with E-state index in [2.05, 4.69) is 12.2 Å². The zero-order chi connectivity index (χ0) is 19.6. The minimum atomic E-state index is -0.127. The highest BCUT2D eigenvalue weighted by molar-refractivity contribution is 5.74. The number of rotatable bonds is 9. The van der Waals surface area contributed by atoms with Crippen LogP contribution in [-0.2, 0) is 17.9 Å². The molecule has 146 valence electrons. The zero-order valence-corrected chi connectivity index (χ0v) is 16.7. The molecule has 27 heavy (non-hydrogen) atoms. The van der Waals surface area contributed by atoms with Gasteiger partial charge in [-0.15, -0.1) is 0 Å². The zero-order valence-electron chi connectivity index (χ0n) is 16.7. The fourth-order valence-electron chi connectivity index (χ4n) is 2.89. The van der Waals surface area contributed by atoms with Crippen LogP contribution in [0.5, 0.6) is 5.75 Å². The Morgan fingerprint density at radius 1 is 1.11 bits per heavy atom. The highest BCUT2D eigenvalue weighted by Crippen LogP contribution is 2.28. The summed E-state index contributed by atoms with van der Waals surface area (Å²) in [6.45, 7) is 5.84. The number of urea groups is 1. The van der Waals surface area contributed by atoms with Crippen molar-refractivity contribution < 1.29 is 14.3 Å². The Labute approximate surface area is 162 Å². The summed E-state index contributed by atoms with van der Waals surface area (Å²) in [6.07, 6.45) is 0.991. The van der Waals surface area contributed by atoms with Crippen molar-refractivity contribution in [2.24, 2.45) is 0 Å². The summed E-state index contributed by atoms with van der Waals surface area (Å²) in [5, 5.41) is 3.01. The van der Waals surface area contributed by atoms with E-state index in [1.54, 1.807) is 19.1 Å². The molecular weight excluding hydrogens is 340 g/mol. The quantitative estimate of drug-likeness (QED) is 0.660. The maximum atomic E-state index is 12.6. The molecule has 5 nitrogen and oxygen atoms in total. The Morgan fingerprint density at radius 2 is 1.78 bits per heavy atom. The molecule has 5 heteroatoms. The number of hydrogen-bond acceptors (Lipinski definition) is 3. The van der Waals surface area contributed by atoms with Crippen molar-refractivity contribution in [3.63, 3.8) is 0 Å². The van der Waals surface area contributed by atoms with Crippen molar-refractivity contribution in [2.75, 3.05) is 20.8 Å². The number of para-hydroxylation sites is 1. The van der Waals surface area contributed by atoms with Crippen molar-refractivity contribution in [3.8, 4) is 5.75 Å². The Hall–Kier alpha value is -2.53. The molecule has 0 aliphatic rings. The standard InChI is InChI=1S/C22H30N2O3/c1-5-14-27-16-19-11-7-6-10-18(19)15-23-22(25)24(3)17(2)20-12-8-9-13-21(20)26-4/h6-13,17H,5,14-16H2,1-4H3,(H,23,25). The molecule has 1 atom stereocenters. The molecule has 0 bridgehead atoms. The largest absolute Gasteiger partial charge is 0.496 e. The molecule has 0 heterocycles. The SMILES string of the molecule is CCCOCc1ccccc1CNC(=O)N(C)C(C)c1ccccc1OC. The second kappa shape index (κ2) is 10.6. The van der Waals surface area contributed by atoms with Gasteiger partial charge in [-0.3, -0.25) is 0 Å². The van der Waals surface area contributed by atoms with E-state index in [-0.39, 0.29) is 12.1 Å². The van der Waals surface area contributed by atoms with E-state index in [0.717, 1.165) is 35.5 Å². The maximum absolute atomic E-state index is 12.6. The first-order valence-corrected chi connectivity index (χ1v) is 9.36. The minimum absolute atomic E-state index is 0.107. The molecule has 1 N–H and O–H groups in total. The van der Waals surface area contributed by atoms with Gasteiger partial charge in [0.1, 0.15) is 5.75 Å². The lowest BCUT2D eigenvalue weighted by atomic mass is 10.1. The van der Waals surface area contributed by atoms with Crippen LogP contribution in [0.15, 0.2) is 48.5 Å². The van der Waals surface area contributed by atoms with Gasteiger partial charge in [-0.1, -0.05) is 49.4 Å². The predicted octanol–water partition coefficient (Wildman–Crippen LogP) is 4.52. The summed E-state index contributed by atoms with van der Waals surface area (Å²) in [5.41, 5.74) is 3.15. The lowest BCUT2D eigenvalue weighted by Gasteiger charge is -2.27. The van der Waals surface area contributed by atoms with Crippen molar-refractivity contribution in [1.29, 1.82) is 0 Å². The first-order valence-electron chi connectivity index (χ1n) is 9.36. The molecule has 0 spiro atoms. The average Bonchev–Trinajstić information content (AvgIpc) is 2.71. The summed E-state index contributed by atoms with van der Waals surface area (Å²) >= 11 is 0. The summed E-state index contributed by atoms with van der Waals surface area (Å²) < 4.78 is 11.1. The van der Waals surface area contributed by atoms with Gasteiger partial charge in [0.05, 0.1) is 19.8 Å². The van der Waals surface area contributed by atoms with Crippen molar-refractivity contribution >= 4 is 6.03 Å². The fraction of sp³-hybridized carbons (Fsp3) is 0.409. The second-order valence-corrected chi connectivity index (χ2v) is 6.51. The number of methoxy groups -OCH3 is 1. The normalized spacial score (nSPS) is 11.7. The summed E-state index contributed by atoms with van der Waals surface area (Å²) in [5.74, 6) is 0.781. The molecule has 0 saturated carbocycles.